The Morgan fingerprint density at radius 3 is 2.82 bits per heavy atom. The minimum atomic E-state index is -0.580. The highest BCUT2D eigenvalue weighted by Gasteiger charge is 2.19. The van der Waals surface area contributed by atoms with E-state index < -0.39 is 5.97 Å². The minimum Gasteiger partial charge on any atom is -0.493 e. The Bertz CT molecular complexity index is 690. The summed E-state index contributed by atoms with van der Waals surface area (Å²) >= 11 is 0. The van der Waals surface area contributed by atoms with Gasteiger partial charge in [0.15, 0.2) is 0 Å². The first-order valence-corrected chi connectivity index (χ1v) is 6.87. The molecule has 6 heteroatoms. The van der Waals surface area contributed by atoms with Gasteiger partial charge in [-0.3, -0.25) is 0 Å². The lowest BCUT2D eigenvalue weighted by atomic mass is 10.2. The van der Waals surface area contributed by atoms with Crippen molar-refractivity contribution >= 4 is 5.97 Å². The molecule has 1 aromatic heterocycles. The van der Waals surface area contributed by atoms with Crippen molar-refractivity contribution in [2.45, 2.75) is 13.5 Å². The summed E-state index contributed by atoms with van der Waals surface area (Å²) in [6.45, 7) is 2.56. The molecule has 114 valence electrons. The fraction of sp³-hybridized carbons (Fsp3) is 0.250. The molecule has 1 aromatic carbocycles. The second-order valence-electron chi connectivity index (χ2n) is 4.67. The Kier molecular flexibility index (Phi) is 4.09. The third-order valence-corrected chi connectivity index (χ3v) is 3.10. The van der Waals surface area contributed by atoms with Gasteiger partial charge in [0.2, 0.25) is 11.6 Å². The van der Waals surface area contributed by atoms with Gasteiger partial charge in [-0.15, -0.1) is 0 Å². The van der Waals surface area contributed by atoms with E-state index in [1.165, 1.54) is 6.26 Å². The van der Waals surface area contributed by atoms with Crippen LogP contribution < -0.4 is 0 Å². The lowest BCUT2D eigenvalue weighted by Gasteiger charge is -2.13. The van der Waals surface area contributed by atoms with Gasteiger partial charge in [-0.05, 0) is 19.1 Å². The second-order valence-corrected chi connectivity index (χ2v) is 4.67. The molecule has 0 N–H and O–H groups in total. The Labute approximate surface area is 127 Å². The van der Waals surface area contributed by atoms with Gasteiger partial charge in [0, 0.05) is 5.56 Å². The normalized spacial score (nSPS) is 13.8. The molecule has 1 aliphatic rings. The van der Waals surface area contributed by atoms with Gasteiger partial charge in [-0.2, -0.15) is 0 Å². The van der Waals surface area contributed by atoms with E-state index in [0.29, 0.717) is 30.6 Å². The molecular weight excluding hydrogens is 286 g/mol. The number of hydrogen-bond donors (Lipinski definition) is 0. The van der Waals surface area contributed by atoms with E-state index in [1.807, 2.05) is 30.3 Å². The number of nitrogens with zero attached hydrogens (tertiary/aromatic N) is 1. The van der Waals surface area contributed by atoms with Crippen LogP contribution in [0.5, 0.6) is 0 Å². The molecule has 0 bridgehead atoms. The van der Waals surface area contributed by atoms with Crippen LogP contribution in [0.1, 0.15) is 11.5 Å². The molecule has 0 radical (unpaired) electrons. The van der Waals surface area contributed by atoms with Crippen LogP contribution in [0.25, 0.3) is 11.5 Å². The van der Waals surface area contributed by atoms with E-state index in [4.69, 9.17) is 18.6 Å². The first-order chi connectivity index (χ1) is 10.7. The maximum Gasteiger partial charge on any atom is 0.377 e. The van der Waals surface area contributed by atoms with Crippen LogP contribution in [-0.2, 0) is 25.6 Å². The Balaban J connectivity index is 1.67. The topological polar surface area (TPSA) is 70.8 Å². The van der Waals surface area contributed by atoms with Gasteiger partial charge in [0.25, 0.3) is 0 Å². The van der Waals surface area contributed by atoms with Gasteiger partial charge in [0.1, 0.15) is 37.5 Å². The molecule has 0 amide bonds. The molecule has 0 saturated heterocycles. The highest BCUT2D eigenvalue weighted by atomic mass is 16.6. The predicted molar refractivity (Wildman–Crippen MR) is 76.5 cm³/mol. The molecule has 2 aromatic rings. The van der Waals surface area contributed by atoms with E-state index in [1.54, 1.807) is 6.92 Å². The number of ether oxygens (including phenoxy) is 3. The van der Waals surface area contributed by atoms with Crippen LogP contribution in [0.3, 0.4) is 0 Å². The van der Waals surface area contributed by atoms with Crippen molar-refractivity contribution in [3.05, 3.63) is 53.8 Å². The van der Waals surface area contributed by atoms with Crippen molar-refractivity contribution in [1.29, 1.82) is 0 Å². The number of carbonyl (C=O) groups excluding carboxylic acids is 1. The van der Waals surface area contributed by atoms with Crippen LogP contribution in [0.15, 0.2) is 46.8 Å². The maximum absolute atomic E-state index is 11.8. The highest BCUT2D eigenvalue weighted by molar-refractivity contribution is 5.86. The standard InChI is InChI=1S/C16H15NO5/c1-11-13(9-21-16(18)14-10-19-7-8-20-14)17-15(22-11)12-5-3-2-4-6-12/h2-6,10H,7-9H2,1H3. The second kappa shape index (κ2) is 6.34. The van der Waals surface area contributed by atoms with Crippen molar-refractivity contribution in [3.63, 3.8) is 0 Å². The zero-order valence-electron chi connectivity index (χ0n) is 12.1. The smallest absolute Gasteiger partial charge is 0.377 e. The lowest BCUT2D eigenvalue weighted by molar-refractivity contribution is -0.146. The summed E-state index contributed by atoms with van der Waals surface area (Å²) in [4.78, 5) is 16.2. The zero-order valence-corrected chi connectivity index (χ0v) is 12.1. The lowest BCUT2D eigenvalue weighted by Crippen LogP contribution is -2.17. The molecule has 0 fully saturated rings. The van der Waals surface area contributed by atoms with Crippen molar-refractivity contribution in [3.8, 4) is 11.5 Å². The number of oxazole rings is 1. The molecule has 0 atom stereocenters. The van der Waals surface area contributed by atoms with Gasteiger partial charge in [-0.1, -0.05) is 18.2 Å². The number of hydrogen-bond acceptors (Lipinski definition) is 6. The predicted octanol–water partition coefficient (Wildman–Crippen LogP) is 2.58. The molecule has 0 saturated carbocycles. The molecule has 0 aliphatic carbocycles. The number of benzene rings is 1. The summed E-state index contributed by atoms with van der Waals surface area (Å²) in [6.07, 6.45) is 1.26. The largest absolute Gasteiger partial charge is 0.493 e. The van der Waals surface area contributed by atoms with Crippen LogP contribution in [-0.4, -0.2) is 24.2 Å². The SMILES string of the molecule is Cc1oc(-c2ccccc2)nc1COC(=O)C1=COCCO1. The Hall–Kier alpha value is -2.76. The first kappa shape index (κ1) is 14.2. The van der Waals surface area contributed by atoms with E-state index in [2.05, 4.69) is 4.98 Å². The third-order valence-electron chi connectivity index (χ3n) is 3.10. The fourth-order valence-corrected chi connectivity index (χ4v) is 1.95. The summed E-state index contributed by atoms with van der Waals surface area (Å²) in [6, 6.07) is 9.53. The number of esters is 1. The van der Waals surface area contributed by atoms with Crippen LogP contribution in [0, 0.1) is 6.92 Å². The van der Waals surface area contributed by atoms with Gasteiger partial charge >= 0.3 is 5.97 Å². The molecule has 6 nitrogen and oxygen atoms in total. The number of aryl methyl sites for hydroxylation is 1. The molecular formula is C16H15NO5. The monoisotopic (exact) mass is 301 g/mol. The van der Waals surface area contributed by atoms with Gasteiger partial charge in [0.05, 0.1) is 0 Å². The number of rotatable bonds is 4. The van der Waals surface area contributed by atoms with Gasteiger partial charge in [-0.25, -0.2) is 9.78 Å². The zero-order chi connectivity index (χ0) is 15.4. The summed E-state index contributed by atoms with van der Waals surface area (Å²) < 4.78 is 20.9. The molecule has 2 heterocycles. The summed E-state index contributed by atoms with van der Waals surface area (Å²) in [5, 5.41) is 0. The van der Waals surface area contributed by atoms with Crippen LogP contribution >= 0.6 is 0 Å². The fourth-order valence-electron chi connectivity index (χ4n) is 1.95. The first-order valence-electron chi connectivity index (χ1n) is 6.87. The van der Waals surface area contributed by atoms with Crippen LogP contribution in [0.2, 0.25) is 0 Å². The van der Waals surface area contributed by atoms with E-state index >= 15 is 0 Å². The van der Waals surface area contributed by atoms with Crippen molar-refractivity contribution in [1.82, 2.24) is 4.98 Å². The van der Waals surface area contributed by atoms with Crippen molar-refractivity contribution < 1.29 is 23.4 Å². The highest BCUT2D eigenvalue weighted by Crippen LogP contribution is 2.22. The molecule has 3 rings (SSSR count). The molecule has 1 aliphatic heterocycles. The third kappa shape index (κ3) is 3.11. The van der Waals surface area contributed by atoms with Crippen LogP contribution in [0.4, 0.5) is 0 Å². The number of carbonyl (C=O) groups is 1. The molecule has 0 spiro atoms. The van der Waals surface area contributed by atoms with Gasteiger partial charge < -0.3 is 18.6 Å². The average molecular weight is 301 g/mol. The minimum absolute atomic E-state index is 0.0156. The Morgan fingerprint density at radius 1 is 1.27 bits per heavy atom. The summed E-state index contributed by atoms with van der Waals surface area (Å²) in [5.74, 6) is 0.598. The Morgan fingerprint density at radius 2 is 2.09 bits per heavy atom. The maximum atomic E-state index is 11.8. The van der Waals surface area contributed by atoms with E-state index in [0.717, 1.165) is 5.56 Å². The van der Waals surface area contributed by atoms with Crippen molar-refractivity contribution in [2.75, 3.05) is 13.2 Å². The average Bonchev–Trinajstić information content (AvgIpc) is 2.95. The summed E-state index contributed by atoms with van der Waals surface area (Å²) in [5.41, 5.74) is 1.44. The molecule has 0 unspecified atom stereocenters. The molecule has 22 heavy (non-hydrogen) atoms. The number of aromatic nitrogens is 1. The van der Waals surface area contributed by atoms with E-state index in [9.17, 15) is 4.79 Å². The quantitative estimate of drug-likeness (QED) is 0.808. The van der Waals surface area contributed by atoms with E-state index in [-0.39, 0.29) is 12.4 Å². The van der Waals surface area contributed by atoms with Crippen molar-refractivity contribution in [2.24, 2.45) is 0 Å². The summed E-state index contributed by atoms with van der Waals surface area (Å²) in [7, 11) is 0.